The molecular weight excluding hydrogens is 286 g/mol. The number of carbonyl (C=O) groups is 2. The number of aryl methyl sites for hydroxylation is 1. The Labute approximate surface area is 128 Å². The van der Waals surface area contributed by atoms with Gasteiger partial charge in [-0.05, 0) is 25.3 Å². The molecule has 0 spiro atoms. The summed E-state index contributed by atoms with van der Waals surface area (Å²) in [5, 5.41) is 11.1. The summed E-state index contributed by atoms with van der Waals surface area (Å²) in [6.45, 7) is 1.44. The lowest BCUT2D eigenvalue weighted by atomic mass is 9.69. The summed E-state index contributed by atoms with van der Waals surface area (Å²) in [4.78, 5) is 35.4. The average Bonchev–Trinajstić information content (AvgIpc) is 2.87. The van der Waals surface area contributed by atoms with E-state index in [-0.39, 0.29) is 12.2 Å². The van der Waals surface area contributed by atoms with Gasteiger partial charge in [0.2, 0.25) is 6.54 Å². The van der Waals surface area contributed by atoms with Crippen molar-refractivity contribution in [2.45, 2.75) is 32.1 Å². The minimum Gasteiger partial charge on any atom is -0.468 e. The number of carbonyl (C=O) groups excluding carboxylic acids is 2. The Morgan fingerprint density at radius 3 is 2.50 bits per heavy atom. The predicted molar refractivity (Wildman–Crippen MR) is 79.1 cm³/mol. The van der Waals surface area contributed by atoms with Crippen molar-refractivity contribution in [2.24, 2.45) is 5.41 Å². The standard InChI is InChI=1S/C16H19NO5/c1-11-5-7-12(8-6-11)13(10-17(20)21)16(15(19)22-2)9-3-4-14(16)18/h5-8,13H,3-4,9-10H2,1-2H3/t13-,16+/m0/s1. The maximum absolute atomic E-state index is 12.4. The van der Waals surface area contributed by atoms with Crippen molar-refractivity contribution in [3.63, 3.8) is 0 Å². The van der Waals surface area contributed by atoms with Crippen LogP contribution in [0.4, 0.5) is 0 Å². The van der Waals surface area contributed by atoms with E-state index in [9.17, 15) is 19.7 Å². The van der Waals surface area contributed by atoms with Gasteiger partial charge in [0.15, 0.2) is 5.78 Å². The molecule has 0 radical (unpaired) electrons. The first-order valence-electron chi connectivity index (χ1n) is 7.22. The van der Waals surface area contributed by atoms with Gasteiger partial charge in [0.25, 0.3) is 0 Å². The molecule has 22 heavy (non-hydrogen) atoms. The molecule has 6 nitrogen and oxygen atoms in total. The number of ether oxygens (including phenoxy) is 1. The summed E-state index contributed by atoms with van der Waals surface area (Å²) >= 11 is 0. The summed E-state index contributed by atoms with van der Waals surface area (Å²) in [7, 11) is 1.22. The Kier molecular flexibility index (Phi) is 4.59. The molecule has 1 aromatic carbocycles. The van der Waals surface area contributed by atoms with Crippen molar-refractivity contribution in [2.75, 3.05) is 13.7 Å². The number of hydrogen-bond donors (Lipinski definition) is 0. The highest BCUT2D eigenvalue weighted by molar-refractivity contribution is 6.06. The first-order chi connectivity index (χ1) is 10.4. The fourth-order valence-electron chi connectivity index (χ4n) is 3.29. The number of methoxy groups -OCH3 is 1. The topological polar surface area (TPSA) is 86.5 Å². The van der Waals surface area contributed by atoms with Crippen molar-refractivity contribution >= 4 is 11.8 Å². The quantitative estimate of drug-likeness (QED) is 0.360. The van der Waals surface area contributed by atoms with Crippen LogP contribution in [0.1, 0.15) is 36.3 Å². The third-order valence-electron chi connectivity index (χ3n) is 4.43. The van der Waals surface area contributed by atoms with Gasteiger partial charge in [-0.3, -0.25) is 19.7 Å². The van der Waals surface area contributed by atoms with E-state index in [0.717, 1.165) is 5.56 Å². The Bertz CT molecular complexity index is 595. The molecule has 0 aromatic heterocycles. The second kappa shape index (κ2) is 6.25. The molecule has 118 valence electrons. The van der Waals surface area contributed by atoms with Crippen LogP contribution in [-0.2, 0) is 14.3 Å². The van der Waals surface area contributed by atoms with Crippen LogP contribution >= 0.6 is 0 Å². The smallest absolute Gasteiger partial charge is 0.320 e. The average molecular weight is 305 g/mol. The van der Waals surface area contributed by atoms with Crippen LogP contribution in [0.15, 0.2) is 24.3 Å². The van der Waals surface area contributed by atoms with Crippen molar-refractivity contribution in [1.29, 1.82) is 0 Å². The van der Waals surface area contributed by atoms with Gasteiger partial charge in [-0.25, -0.2) is 0 Å². The highest BCUT2D eigenvalue weighted by Crippen LogP contribution is 2.47. The van der Waals surface area contributed by atoms with Gasteiger partial charge in [-0.15, -0.1) is 0 Å². The number of nitro groups is 1. The third kappa shape index (κ3) is 2.73. The van der Waals surface area contributed by atoms with E-state index >= 15 is 0 Å². The highest BCUT2D eigenvalue weighted by atomic mass is 16.6. The number of Topliss-reactive ketones (excluding diaryl/α,β-unsaturated/α-hetero) is 1. The Morgan fingerprint density at radius 2 is 2.05 bits per heavy atom. The molecule has 1 fully saturated rings. The molecule has 0 saturated heterocycles. The normalized spacial score (nSPS) is 22.4. The number of benzene rings is 1. The summed E-state index contributed by atoms with van der Waals surface area (Å²) in [6, 6.07) is 7.15. The lowest BCUT2D eigenvalue weighted by Crippen LogP contribution is -2.44. The van der Waals surface area contributed by atoms with Crippen LogP contribution in [-0.4, -0.2) is 30.3 Å². The predicted octanol–water partition coefficient (Wildman–Crippen LogP) is 2.27. The van der Waals surface area contributed by atoms with Crippen LogP contribution in [0, 0.1) is 22.5 Å². The number of hydrogen-bond acceptors (Lipinski definition) is 5. The number of rotatable bonds is 5. The summed E-state index contributed by atoms with van der Waals surface area (Å²) < 4.78 is 4.83. The van der Waals surface area contributed by atoms with Crippen molar-refractivity contribution < 1.29 is 19.2 Å². The first kappa shape index (κ1) is 16.1. The summed E-state index contributed by atoms with van der Waals surface area (Å²) in [6.07, 6.45) is 1.11. The third-order valence-corrected chi connectivity index (χ3v) is 4.43. The summed E-state index contributed by atoms with van der Waals surface area (Å²) in [5.74, 6) is -1.72. The number of esters is 1. The molecular formula is C16H19NO5. The van der Waals surface area contributed by atoms with E-state index in [1.165, 1.54) is 7.11 Å². The van der Waals surface area contributed by atoms with Gasteiger partial charge in [0.1, 0.15) is 5.41 Å². The molecule has 2 rings (SSSR count). The number of nitrogens with zero attached hydrogens (tertiary/aromatic N) is 1. The van der Waals surface area contributed by atoms with Crippen LogP contribution in [0.5, 0.6) is 0 Å². The maximum atomic E-state index is 12.4. The molecule has 0 aliphatic heterocycles. The minimum atomic E-state index is -1.43. The van der Waals surface area contributed by atoms with Crippen molar-refractivity contribution in [1.82, 2.24) is 0 Å². The zero-order chi connectivity index (χ0) is 16.3. The number of ketones is 1. The second-order valence-corrected chi connectivity index (χ2v) is 5.72. The highest BCUT2D eigenvalue weighted by Gasteiger charge is 2.57. The largest absolute Gasteiger partial charge is 0.468 e. The second-order valence-electron chi connectivity index (χ2n) is 5.72. The monoisotopic (exact) mass is 305 g/mol. The zero-order valence-electron chi connectivity index (χ0n) is 12.7. The van der Waals surface area contributed by atoms with Gasteiger partial charge in [-0.1, -0.05) is 29.8 Å². The molecule has 6 heteroatoms. The SMILES string of the molecule is COC(=O)[C@@]1([C@@H](C[N+](=O)[O-])c2ccc(C)cc2)CCCC1=O. The molecule has 1 saturated carbocycles. The van der Waals surface area contributed by atoms with E-state index in [1.807, 2.05) is 19.1 Å². The van der Waals surface area contributed by atoms with Crippen molar-refractivity contribution in [3.05, 3.63) is 45.5 Å². The van der Waals surface area contributed by atoms with Crippen LogP contribution in [0.2, 0.25) is 0 Å². The molecule has 1 aromatic rings. The van der Waals surface area contributed by atoms with Gasteiger partial charge in [-0.2, -0.15) is 0 Å². The molecule has 1 aliphatic carbocycles. The van der Waals surface area contributed by atoms with Crippen LogP contribution in [0.3, 0.4) is 0 Å². The van der Waals surface area contributed by atoms with Crippen LogP contribution < -0.4 is 0 Å². The van der Waals surface area contributed by atoms with Gasteiger partial charge >= 0.3 is 5.97 Å². The van der Waals surface area contributed by atoms with Gasteiger partial charge < -0.3 is 4.74 Å². The van der Waals surface area contributed by atoms with E-state index in [4.69, 9.17) is 4.74 Å². The Morgan fingerprint density at radius 1 is 1.41 bits per heavy atom. The van der Waals surface area contributed by atoms with E-state index in [1.54, 1.807) is 12.1 Å². The first-order valence-corrected chi connectivity index (χ1v) is 7.22. The fourth-order valence-corrected chi connectivity index (χ4v) is 3.29. The minimum absolute atomic E-state index is 0.258. The van der Waals surface area contributed by atoms with Gasteiger partial charge in [0.05, 0.1) is 13.0 Å². The lowest BCUT2D eigenvalue weighted by Gasteiger charge is -2.31. The molecule has 1 aliphatic rings. The Balaban J connectivity index is 2.54. The van der Waals surface area contributed by atoms with E-state index in [0.29, 0.717) is 18.4 Å². The molecule has 2 atom stereocenters. The van der Waals surface area contributed by atoms with Gasteiger partial charge in [0, 0.05) is 11.3 Å². The zero-order valence-corrected chi connectivity index (χ0v) is 12.7. The Hall–Kier alpha value is -2.24. The maximum Gasteiger partial charge on any atom is 0.320 e. The molecule has 0 amide bonds. The van der Waals surface area contributed by atoms with E-state index < -0.39 is 28.8 Å². The lowest BCUT2D eigenvalue weighted by molar-refractivity contribution is -0.485. The molecule has 0 N–H and O–H groups in total. The summed E-state index contributed by atoms with van der Waals surface area (Å²) in [5.41, 5.74) is 0.202. The van der Waals surface area contributed by atoms with E-state index in [2.05, 4.69) is 0 Å². The van der Waals surface area contributed by atoms with Crippen molar-refractivity contribution in [3.8, 4) is 0 Å². The molecule has 0 heterocycles. The van der Waals surface area contributed by atoms with Crippen LogP contribution in [0.25, 0.3) is 0 Å². The molecule has 0 unspecified atom stereocenters. The fraction of sp³-hybridized carbons (Fsp3) is 0.500. The molecule has 0 bridgehead atoms.